The number of ether oxygens (including phenoxy) is 1. The highest BCUT2D eigenvalue weighted by Gasteiger charge is 2.28. The maximum Gasteiger partial charge on any atom is 0.264 e. The summed E-state index contributed by atoms with van der Waals surface area (Å²) in [5, 5.41) is 3.29. The molecule has 0 heterocycles. The molecule has 0 radical (unpaired) electrons. The van der Waals surface area contributed by atoms with Gasteiger partial charge in [-0.3, -0.25) is 9.10 Å². The van der Waals surface area contributed by atoms with Crippen molar-refractivity contribution < 1.29 is 17.9 Å². The number of methoxy groups -OCH3 is 1. The summed E-state index contributed by atoms with van der Waals surface area (Å²) in [6.45, 7) is -0.0143. The number of carbonyl (C=O) groups is 1. The van der Waals surface area contributed by atoms with Crippen molar-refractivity contribution in [3.63, 3.8) is 0 Å². The number of aryl methyl sites for hydroxylation is 1. The highest BCUT2D eigenvalue weighted by Crippen LogP contribution is 2.32. The van der Waals surface area contributed by atoms with Crippen molar-refractivity contribution in [1.29, 1.82) is 0 Å². The molecular weight excluding hydrogens is 483 g/mol. The maximum atomic E-state index is 13.3. The fourth-order valence-electron chi connectivity index (χ4n) is 3.20. The molecule has 0 aliphatic heterocycles. The molecule has 0 saturated heterocycles. The quantitative estimate of drug-likeness (QED) is 0.394. The van der Waals surface area contributed by atoms with E-state index in [2.05, 4.69) is 5.32 Å². The van der Waals surface area contributed by atoms with Crippen molar-refractivity contribution in [2.75, 3.05) is 24.5 Å². The van der Waals surface area contributed by atoms with Crippen LogP contribution in [0.15, 0.2) is 77.7 Å². The van der Waals surface area contributed by atoms with Crippen LogP contribution in [0, 0.1) is 0 Å². The average molecular weight is 507 g/mol. The number of nitrogens with zero attached hydrogens (tertiary/aromatic N) is 1. The van der Waals surface area contributed by atoms with Gasteiger partial charge in [0.2, 0.25) is 5.91 Å². The van der Waals surface area contributed by atoms with E-state index in [4.69, 9.17) is 27.9 Å². The third-order valence-electron chi connectivity index (χ3n) is 4.92. The van der Waals surface area contributed by atoms with E-state index in [0.29, 0.717) is 18.0 Å². The number of hydrogen-bond donors (Lipinski definition) is 1. The topological polar surface area (TPSA) is 75.7 Å². The molecule has 0 unspecified atom stereocenters. The Balaban J connectivity index is 1.69. The van der Waals surface area contributed by atoms with Gasteiger partial charge < -0.3 is 10.1 Å². The van der Waals surface area contributed by atoms with E-state index in [9.17, 15) is 13.2 Å². The first-order chi connectivity index (χ1) is 15.8. The number of hydrogen-bond acceptors (Lipinski definition) is 4. The van der Waals surface area contributed by atoms with Crippen LogP contribution in [0.1, 0.15) is 12.0 Å². The zero-order chi connectivity index (χ0) is 23.8. The van der Waals surface area contributed by atoms with Crippen LogP contribution >= 0.6 is 23.2 Å². The third kappa shape index (κ3) is 6.63. The van der Waals surface area contributed by atoms with Crippen LogP contribution < -0.4 is 14.4 Å². The Bertz CT molecular complexity index is 1190. The van der Waals surface area contributed by atoms with E-state index in [1.807, 2.05) is 24.3 Å². The number of rotatable bonds is 10. The van der Waals surface area contributed by atoms with Crippen LogP contribution in [0.3, 0.4) is 0 Å². The minimum Gasteiger partial charge on any atom is -0.497 e. The largest absolute Gasteiger partial charge is 0.497 e. The first-order valence-corrected chi connectivity index (χ1v) is 12.4. The zero-order valence-electron chi connectivity index (χ0n) is 18.0. The zero-order valence-corrected chi connectivity index (χ0v) is 20.3. The molecule has 33 heavy (non-hydrogen) atoms. The molecule has 0 bridgehead atoms. The normalized spacial score (nSPS) is 11.1. The Morgan fingerprint density at radius 2 is 1.70 bits per heavy atom. The number of amides is 1. The van der Waals surface area contributed by atoms with Crippen LogP contribution in [0.25, 0.3) is 0 Å². The predicted molar refractivity (Wildman–Crippen MR) is 132 cm³/mol. The molecule has 0 fully saturated rings. The van der Waals surface area contributed by atoms with Crippen molar-refractivity contribution in [3.05, 3.63) is 88.4 Å². The Morgan fingerprint density at radius 3 is 2.33 bits per heavy atom. The molecule has 174 valence electrons. The van der Waals surface area contributed by atoms with Crippen LogP contribution in [0.4, 0.5) is 5.69 Å². The van der Waals surface area contributed by atoms with Gasteiger partial charge in [-0.25, -0.2) is 8.42 Å². The molecule has 6 nitrogen and oxygen atoms in total. The second kappa shape index (κ2) is 11.4. The summed E-state index contributed by atoms with van der Waals surface area (Å²) in [5.41, 5.74) is 1.30. The predicted octanol–water partition coefficient (Wildman–Crippen LogP) is 4.95. The number of sulfonamides is 1. The second-order valence-corrected chi connectivity index (χ2v) is 9.93. The number of benzene rings is 3. The third-order valence-corrected chi connectivity index (χ3v) is 7.23. The van der Waals surface area contributed by atoms with Gasteiger partial charge in [-0.1, -0.05) is 53.5 Å². The van der Waals surface area contributed by atoms with Crippen molar-refractivity contribution in [2.45, 2.75) is 17.7 Å². The van der Waals surface area contributed by atoms with E-state index in [1.165, 1.54) is 30.3 Å². The fraction of sp³-hybridized carbons (Fsp3) is 0.208. The standard InChI is InChI=1S/C24H24Cl2N2O4S/c1-32-20-12-9-18(10-13-20)6-5-15-27-24(29)17-28(23-14-11-19(25)16-22(23)26)33(30,31)21-7-3-2-4-8-21/h2-4,7-14,16H,5-6,15,17H2,1H3,(H,27,29). The molecule has 0 spiro atoms. The molecular formula is C24H24Cl2N2O4S. The molecule has 3 aromatic rings. The summed E-state index contributed by atoms with van der Waals surface area (Å²) in [4.78, 5) is 12.7. The van der Waals surface area contributed by atoms with Gasteiger partial charge in [-0.2, -0.15) is 0 Å². The Kier molecular flexibility index (Phi) is 8.61. The molecule has 0 saturated carbocycles. The average Bonchev–Trinajstić information content (AvgIpc) is 2.81. The minimum absolute atomic E-state index is 0.0586. The van der Waals surface area contributed by atoms with Gasteiger partial charge in [0, 0.05) is 11.6 Å². The van der Waals surface area contributed by atoms with Gasteiger partial charge >= 0.3 is 0 Å². The van der Waals surface area contributed by atoms with Crippen LogP contribution in [-0.2, 0) is 21.2 Å². The first-order valence-electron chi connectivity index (χ1n) is 10.2. The molecule has 0 aliphatic carbocycles. The van der Waals surface area contributed by atoms with Gasteiger partial charge in [0.1, 0.15) is 12.3 Å². The molecule has 1 N–H and O–H groups in total. The van der Waals surface area contributed by atoms with Crippen molar-refractivity contribution in [3.8, 4) is 5.75 Å². The smallest absolute Gasteiger partial charge is 0.264 e. The monoisotopic (exact) mass is 506 g/mol. The molecule has 9 heteroatoms. The molecule has 0 aromatic heterocycles. The van der Waals surface area contributed by atoms with Gasteiger partial charge in [0.15, 0.2) is 0 Å². The summed E-state index contributed by atoms with van der Waals surface area (Å²) in [5.74, 6) is 0.350. The molecule has 3 aromatic carbocycles. The lowest BCUT2D eigenvalue weighted by Gasteiger charge is -2.25. The van der Waals surface area contributed by atoms with Crippen molar-refractivity contribution in [2.24, 2.45) is 0 Å². The molecule has 3 rings (SSSR count). The fourth-order valence-corrected chi connectivity index (χ4v) is 5.22. The van der Waals surface area contributed by atoms with E-state index < -0.39 is 22.5 Å². The summed E-state index contributed by atoms with van der Waals surface area (Å²) >= 11 is 12.3. The lowest BCUT2D eigenvalue weighted by atomic mass is 10.1. The van der Waals surface area contributed by atoms with E-state index >= 15 is 0 Å². The lowest BCUT2D eigenvalue weighted by molar-refractivity contribution is -0.119. The van der Waals surface area contributed by atoms with Crippen molar-refractivity contribution in [1.82, 2.24) is 5.32 Å². The lowest BCUT2D eigenvalue weighted by Crippen LogP contribution is -2.41. The Morgan fingerprint density at radius 1 is 1.00 bits per heavy atom. The minimum atomic E-state index is -4.03. The number of halogens is 2. The highest BCUT2D eigenvalue weighted by molar-refractivity contribution is 7.92. The molecule has 0 atom stereocenters. The van der Waals surface area contributed by atoms with Crippen molar-refractivity contribution >= 4 is 44.8 Å². The van der Waals surface area contributed by atoms with Gasteiger partial charge in [0.25, 0.3) is 10.0 Å². The number of anilines is 1. The summed E-state index contributed by atoms with van der Waals surface area (Å²) in [6, 6.07) is 20.1. The van der Waals surface area contributed by atoms with Gasteiger partial charge in [0.05, 0.1) is 22.7 Å². The summed E-state index contributed by atoms with van der Waals surface area (Å²) in [6.07, 6.45) is 1.46. The van der Waals surface area contributed by atoms with Crippen LogP contribution in [0.5, 0.6) is 5.75 Å². The second-order valence-electron chi connectivity index (χ2n) is 7.22. The number of carbonyl (C=O) groups excluding carboxylic acids is 1. The van der Waals surface area contributed by atoms with Crippen LogP contribution in [0.2, 0.25) is 10.0 Å². The summed E-state index contributed by atoms with van der Waals surface area (Å²) < 4.78 is 32.8. The van der Waals surface area contributed by atoms with Crippen LogP contribution in [-0.4, -0.2) is 34.5 Å². The Labute approximate surface area is 204 Å². The molecule has 1 amide bonds. The van der Waals surface area contributed by atoms with Gasteiger partial charge in [-0.05, 0) is 60.9 Å². The van der Waals surface area contributed by atoms with E-state index in [1.54, 1.807) is 25.3 Å². The van der Waals surface area contributed by atoms with E-state index in [0.717, 1.165) is 22.0 Å². The molecule has 0 aliphatic rings. The van der Waals surface area contributed by atoms with E-state index in [-0.39, 0.29) is 15.6 Å². The van der Waals surface area contributed by atoms with Gasteiger partial charge in [-0.15, -0.1) is 0 Å². The highest BCUT2D eigenvalue weighted by atomic mass is 35.5. The number of nitrogens with one attached hydrogen (secondary N) is 1. The Hall–Kier alpha value is -2.74. The SMILES string of the molecule is COc1ccc(CCCNC(=O)CN(c2ccc(Cl)cc2Cl)S(=O)(=O)c2ccccc2)cc1. The first kappa shape index (κ1) is 24.9. The summed E-state index contributed by atoms with van der Waals surface area (Å²) in [7, 11) is -2.42. The maximum absolute atomic E-state index is 13.3.